The van der Waals surface area contributed by atoms with Crippen LogP contribution in [0.15, 0.2) is 22.7 Å². The molecule has 0 aliphatic heterocycles. The lowest BCUT2D eigenvalue weighted by atomic mass is 9.82. The van der Waals surface area contributed by atoms with Gasteiger partial charge in [0, 0.05) is 4.47 Å². The van der Waals surface area contributed by atoms with Gasteiger partial charge in [-0.2, -0.15) is 5.26 Å². The molecule has 1 aliphatic carbocycles. The van der Waals surface area contributed by atoms with Crippen LogP contribution < -0.4 is 10.5 Å². The maximum absolute atomic E-state index is 9.02. The van der Waals surface area contributed by atoms with Crippen molar-refractivity contribution in [2.45, 2.75) is 18.9 Å². The van der Waals surface area contributed by atoms with Crippen LogP contribution in [0.1, 0.15) is 18.4 Å². The first kappa shape index (κ1) is 11.4. The van der Waals surface area contributed by atoms with Crippen LogP contribution in [0.2, 0.25) is 0 Å². The van der Waals surface area contributed by atoms with Gasteiger partial charge >= 0.3 is 0 Å². The lowest BCUT2D eigenvalue weighted by Crippen LogP contribution is -2.37. The van der Waals surface area contributed by atoms with Crippen molar-refractivity contribution < 1.29 is 4.74 Å². The zero-order chi connectivity index (χ0) is 11.5. The molecular formula is C12H13BrN2O. The highest BCUT2D eigenvalue weighted by molar-refractivity contribution is 9.10. The summed E-state index contributed by atoms with van der Waals surface area (Å²) in [7, 11) is 0. The molecule has 0 bridgehead atoms. The number of halogens is 1. The standard InChI is InChI=1S/C12H13BrN2O/c13-11-2-1-3-12(10(11)7-15)16-9-4-8(5-9)6-14/h1-3,8-9H,4-6,14H2. The van der Waals surface area contributed by atoms with Gasteiger partial charge in [-0.25, -0.2) is 0 Å². The SMILES string of the molecule is N#Cc1c(Br)cccc1OC1CC(CN)C1. The van der Waals surface area contributed by atoms with Gasteiger partial charge in [0.25, 0.3) is 0 Å². The fraction of sp³-hybridized carbons (Fsp3) is 0.417. The lowest BCUT2D eigenvalue weighted by molar-refractivity contribution is 0.0687. The molecule has 0 aromatic heterocycles. The zero-order valence-corrected chi connectivity index (χ0v) is 10.4. The second-order valence-electron chi connectivity index (χ2n) is 4.04. The number of hydrogen-bond acceptors (Lipinski definition) is 3. The van der Waals surface area contributed by atoms with Crippen molar-refractivity contribution in [1.29, 1.82) is 5.26 Å². The normalized spacial score (nSPS) is 23.3. The Bertz CT molecular complexity index is 422. The van der Waals surface area contributed by atoms with Crippen LogP contribution in [-0.4, -0.2) is 12.6 Å². The van der Waals surface area contributed by atoms with Crippen LogP contribution in [0.4, 0.5) is 0 Å². The number of nitrogens with zero attached hydrogens (tertiary/aromatic N) is 1. The van der Waals surface area contributed by atoms with Crippen molar-refractivity contribution in [2.24, 2.45) is 11.7 Å². The van der Waals surface area contributed by atoms with E-state index in [1.54, 1.807) is 0 Å². The Labute approximate surface area is 103 Å². The first-order valence-corrected chi connectivity index (χ1v) is 6.09. The minimum Gasteiger partial charge on any atom is -0.489 e. The maximum Gasteiger partial charge on any atom is 0.138 e. The summed E-state index contributed by atoms with van der Waals surface area (Å²) in [6, 6.07) is 7.69. The molecule has 0 spiro atoms. The van der Waals surface area contributed by atoms with Crippen molar-refractivity contribution in [3.8, 4) is 11.8 Å². The van der Waals surface area contributed by atoms with E-state index in [0.29, 0.717) is 17.2 Å². The zero-order valence-electron chi connectivity index (χ0n) is 8.82. The fourth-order valence-electron chi connectivity index (χ4n) is 1.85. The van der Waals surface area contributed by atoms with Crippen molar-refractivity contribution in [3.63, 3.8) is 0 Å². The predicted octanol–water partition coefficient (Wildman–Crippen LogP) is 2.44. The Morgan fingerprint density at radius 1 is 1.50 bits per heavy atom. The van der Waals surface area contributed by atoms with Crippen LogP contribution in [-0.2, 0) is 0 Å². The number of nitrogens with two attached hydrogens (primary N) is 1. The molecule has 2 N–H and O–H groups in total. The van der Waals surface area contributed by atoms with Gasteiger partial charge in [-0.05, 0) is 53.4 Å². The van der Waals surface area contributed by atoms with E-state index in [1.807, 2.05) is 18.2 Å². The van der Waals surface area contributed by atoms with Crippen molar-refractivity contribution in [2.75, 3.05) is 6.54 Å². The number of hydrogen-bond donors (Lipinski definition) is 1. The number of benzene rings is 1. The second-order valence-corrected chi connectivity index (χ2v) is 4.89. The molecule has 1 aliphatic rings. The molecule has 0 heterocycles. The third kappa shape index (κ3) is 2.21. The summed E-state index contributed by atoms with van der Waals surface area (Å²) in [6.45, 7) is 0.726. The van der Waals surface area contributed by atoms with Gasteiger partial charge in [0.2, 0.25) is 0 Å². The molecule has 0 atom stereocenters. The molecule has 2 rings (SSSR count). The Morgan fingerprint density at radius 2 is 2.25 bits per heavy atom. The topological polar surface area (TPSA) is 59.0 Å². The van der Waals surface area contributed by atoms with Crippen LogP contribution >= 0.6 is 15.9 Å². The average molecular weight is 281 g/mol. The van der Waals surface area contributed by atoms with E-state index in [9.17, 15) is 0 Å². The molecule has 0 saturated heterocycles. The van der Waals surface area contributed by atoms with Crippen molar-refractivity contribution in [3.05, 3.63) is 28.2 Å². The highest BCUT2D eigenvalue weighted by atomic mass is 79.9. The summed E-state index contributed by atoms with van der Waals surface area (Å²) in [5, 5.41) is 9.02. The average Bonchev–Trinajstić information content (AvgIpc) is 2.23. The maximum atomic E-state index is 9.02. The Kier molecular flexibility index (Phi) is 3.47. The highest BCUT2D eigenvalue weighted by Crippen LogP contribution is 2.33. The molecule has 16 heavy (non-hydrogen) atoms. The first-order valence-electron chi connectivity index (χ1n) is 5.30. The highest BCUT2D eigenvalue weighted by Gasteiger charge is 2.30. The molecule has 4 heteroatoms. The van der Waals surface area contributed by atoms with Gasteiger partial charge in [0.15, 0.2) is 0 Å². The molecule has 0 amide bonds. The molecule has 0 unspecified atom stereocenters. The lowest BCUT2D eigenvalue weighted by Gasteiger charge is -2.34. The van der Waals surface area contributed by atoms with E-state index < -0.39 is 0 Å². The molecule has 3 nitrogen and oxygen atoms in total. The monoisotopic (exact) mass is 280 g/mol. The minimum absolute atomic E-state index is 0.218. The van der Waals surface area contributed by atoms with Gasteiger partial charge in [-0.3, -0.25) is 0 Å². The number of ether oxygens (including phenoxy) is 1. The third-order valence-corrected chi connectivity index (χ3v) is 3.57. The summed E-state index contributed by atoms with van der Waals surface area (Å²) in [4.78, 5) is 0. The van der Waals surface area contributed by atoms with Gasteiger partial charge in [-0.15, -0.1) is 0 Å². The Hall–Kier alpha value is -1.05. The van der Waals surface area contributed by atoms with Gasteiger partial charge in [0.1, 0.15) is 17.4 Å². The van der Waals surface area contributed by atoms with E-state index in [0.717, 1.165) is 23.9 Å². The van der Waals surface area contributed by atoms with Crippen LogP contribution in [0.25, 0.3) is 0 Å². The quantitative estimate of drug-likeness (QED) is 0.925. The minimum atomic E-state index is 0.218. The fourth-order valence-corrected chi connectivity index (χ4v) is 2.29. The summed E-state index contributed by atoms with van der Waals surface area (Å²) < 4.78 is 6.56. The summed E-state index contributed by atoms with van der Waals surface area (Å²) >= 11 is 3.34. The van der Waals surface area contributed by atoms with Crippen molar-refractivity contribution in [1.82, 2.24) is 0 Å². The first-order chi connectivity index (χ1) is 7.74. The number of rotatable bonds is 3. The molecule has 1 fully saturated rings. The largest absolute Gasteiger partial charge is 0.489 e. The smallest absolute Gasteiger partial charge is 0.138 e. The van der Waals surface area contributed by atoms with E-state index >= 15 is 0 Å². The van der Waals surface area contributed by atoms with Crippen LogP contribution in [0.5, 0.6) is 5.75 Å². The molecular weight excluding hydrogens is 268 g/mol. The van der Waals surface area contributed by atoms with Crippen molar-refractivity contribution >= 4 is 15.9 Å². The molecule has 1 aromatic rings. The van der Waals surface area contributed by atoms with Gasteiger partial charge in [-0.1, -0.05) is 6.07 Å². The Morgan fingerprint density at radius 3 is 2.88 bits per heavy atom. The summed E-state index contributed by atoms with van der Waals surface area (Å²) in [6.07, 6.45) is 2.21. The molecule has 1 saturated carbocycles. The van der Waals surface area contributed by atoms with E-state index in [1.165, 1.54) is 0 Å². The van der Waals surface area contributed by atoms with Crippen LogP contribution in [0, 0.1) is 17.2 Å². The second kappa shape index (κ2) is 4.86. The summed E-state index contributed by atoms with van der Waals surface area (Å²) in [5.41, 5.74) is 6.12. The van der Waals surface area contributed by atoms with E-state index in [2.05, 4.69) is 22.0 Å². The summed E-state index contributed by atoms with van der Waals surface area (Å²) in [5.74, 6) is 1.25. The van der Waals surface area contributed by atoms with Gasteiger partial charge in [0.05, 0.1) is 6.10 Å². The molecule has 1 aromatic carbocycles. The molecule has 0 radical (unpaired) electrons. The predicted molar refractivity (Wildman–Crippen MR) is 65.1 cm³/mol. The Balaban J connectivity index is 2.06. The van der Waals surface area contributed by atoms with E-state index in [4.69, 9.17) is 15.7 Å². The number of nitriles is 1. The molecule has 84 valence electrons. The van der Waals surface area contributed by atoms with E-state index in [-0.39, 0.29) is 6.10 Å². The third-order valence-electron chi connectivity index (χ3n) is 2.91. The van der Waals surface area contributed by atoms with Crippen LogP contribution in [0.3, 0.4) is 0 Å². The van der Waals surface area contributed by atoms with Gasteiger partial charge < -0.3 is 10.5 Å².